The van der Waals surface area contributed by atoms with Gasteiger partial charge in [0, 0.05) is 6.42 Å². The van der Waals surface area contributed by atoms with Crippen molar-refractivity contribution in [1.29, 1.82) is 0 Å². The van der Waals surface area contributed by atoms with Crippen molar-refractivity contribution in [3.8, 4) is 24.0 Å². The second-order valence-corrected chi connectivity index (χ2v) is 10.5. The van der Waals surface area contributed by atoms with Crippen molar-refractivity contribution < 1.29 is 0 Å². The summed E-state index contributed by atoms with van der Waals surface area (Å²) in [5.41, 5.74) is 10.3. The summed E-state index contributed by atoms with van der Waals surface area (Å²) in [5.74, 6) is 0.364. The van der Waals surface area contributed by atoms with E-state index in [4.69, 9.17) is 0 Å². The Morgan fingerprint density at radius 2 is 1.26 bits per heavy atom. The number of rotatable bonds is 7. The van der Waals surface area contributed by atoms with E-state index in [1.165, 1.54) is 60.5 Å². The maximum atomic E-state index is 4.41. The second-order valence-electron chi connectivity index (χ2n) is 10.5. The minimum absolute atomic E-state index is 0.364. The molecule has 5 aromatic carbocycles. The van der Waals surface area contributed by atoms with Gasteiger partial charge in [-0.2, -0.15) is 0 Å². The van der Waals surface area contributed by atoms with Crippen LogP contribution in [0.15, 0.2) is 135 Å². The summed E-state index contributed by atoms with van der Waals surface area (Å²) in [6.45, 7) is 30.4. The smallest absolute Gasteiger partial charge is 0.0167 e. The van der Waals surface area contributed by atoms with E-state index in [1.807, 2.05) is 6.08 Å². The van der Waals surface area contributed by atoms with Crippen LogP contribution < -0.4 is 0 Å². The van der Waals surface area contributed by atoms with E-state index in [0.29, 0.717) is 5.92 Å². The van der Waals surface area contributed by atoms with Gasteiger partial charge in [0.15, 0.2) is 0 Å². The van der Waals surface area contributed by atoms with Gasteiger partial charge in [0.1, 0.15) is 0 Å². The molecule has 6 rings (SSSR count). The lowest BCUT2D eigenvalue weighted by molar-refractivity contribution is 0.661. The minimum Gasteiger partial charge on any atom is -0.124 e. The highest BCUT2D eigenvalue weighted by atomic mass is 14.3. The molecule has 1 unspecified atom stereocenters. The summed E-state index contributed by atoms with van der Waals surface area (Å²) in [6.07, 6.45) is 17.1. The van der Waals surface area contributed by atoms with Gasteiger partial charge < -0.3 is 0 Å². The van der Waals surface area contributed by atoms with E-state index in [0.717, 1.165) is 24.8 Å². The number of benzene rings is 5. The van der Waals surface area contributed by atoms with Gasteiger partial charge in [-0.1, -0.05) is 135 Å². The highest BCUT2D eigenvalue weighted by Crippen LogP contribution is 2.49. The monoisotopic (exact) mass is 599 g/mol. The van der Waals surface area contributed by atoms with E-state index in [1.54, 1.807) is 6.08 Å². The fourth-order valence-corrected chi connectivity index (χ4v) is 5.35. The van der Waals surface area contributed by atoms with Gasteiger partial charge in [-0.05, 0) is 100 Å². The van der Waals surface area contributed by atoms with E-state index < -0.39 is 0 Å². The molecule has 0 saturated heterocycles. The van der Waals surface area contributed by atoms with Crippen molar-refractivity contribution in [1.82, 2.24) is 0 Å². The summed E-state index contributed by atoms with van der Waals surface area (Å²) in [6, 6.07) is 34.6. The van der Waals surface area contributed by atoms with Crippen LogP contribution in [0.25, 0.3) is 44.3 Å². The molecule has 0 amide bonds. The lowest BCUT2D eigenvalue weighted by Crippen LogP contribution is -1.92. The van der Waals surface area contributed by atoms with E-state index in [-0.39, 0.29) is 0 Å². The molecule has 0 heteroatoms. The molecule has 0 aromatic heterocycles. The van der Waals surface area contributed by atoms with E-state index in [9.17, 15) is 0 Å². The summed E-state index contributed by atoms with van der Waals surface area (Å²) >= 11 is 0. The standard InChI is InChI=1S/C29H24.C11H13.2C2H4.C2H2/c1-4-19(2)17-23-18-27(23)26-16-15-22-10-6-8-12-25(22)29(26)28-20(3)13-14-21-9-5-7-11-24(21)28;1-3-5-11-8-6-10(4-2)7-9-11;3*1-2/h5-16,18-19H,1-4,17H2;3,5-9H,1,4H2,2H3;2*1-2H2;1-2H/b;5-3+;;;. The number of hydrogen-bond acceptors (Lipinski definition) is 0. The summed E-state index contributed by atoms with van der Waals surface area (Å²) < 4.78 is 0. The SMILES string of the molecule is C#C.C=C.C=C.[CH2]/C=C/c1ccc(CC)cc1.[CH2]CC([CH2])CC1=C(c2ccc3ccccc3c2-c2c([CH2])ccc3ccccc23)[CH]1. The summed E-state index contributed by atoms with van der Waals surface area (Å²) in [5, 5.41) is 5.04. The van der Waals surface area contributed by atoms with Gasteiger partial charge in [0.05, 0.1) is 0 Å². The Labute approximate surface area is 279 Å². The Morgan fingerprint density at radius 1 is 0.717 bits per heavy atom. The van der Waals surface area contributed by atoms with Crippen LogP contribution in [0.4, 0.5) is 0 Å². The van der Waals surface area contributed by atoms with Crippen LogP contribution in [-0.4, -0.2) is 0 Å². The second kappa shape index (κ2) is 19.5. The van der Waals surface area contributed by atoms with Crippen LogP contribution in [0, 0.1) is 52.9 Å². The summed E-state index contributed by atoms with van der Waals surface area (Å²) in [4.78, 5) is 0. The zero-order valence-corrected chi connectivity index (χ0v) is 27.5. The largest absolute Gasteiger partial charge is 0.124 e. The minimum atomic E-state index is 0.364. The Morgan fingerprint density at radius 3 is 1.80 bits per heavy atom. The Balaban J connectivity index is 0.000000364. The third kappa shape index (κ3) is 9.32. The van der Waals surface area contributed by atoms with Gasteiger partial charge in [-0.15, -0.1) is 39.2 Å². The molecule has 0 bridgehead atoms. The van der Waals surface area contributed by atoms with Crippen LogP contribution in [0.5, 0.6) is 0 Å². The maximum absolute atomic E-state index is 4.41. The molecule has 5 aromatic rings. The number of fused-ring (bicyclic) bond motifs is 2. The molecule has 0 nitrogen and oxygen atoms in total. The average Bonchev–Trinajstić information content (AvgIpc) is 3.89. The molecule has 46 heavy (non-hydrogen) atoms. The highest BCUT2D eigenvalue weighted by molar-refractivity contribution is 6.13. The molecule has 0 aliphatic heterocycles. The van der Waals surface area contributed by atoms with Crippen molar-refractivity contribution in [2.24, 2.45) is 5.92 Å². The first-order valence-electron chi connectivity index (χ1n) is 15.5. The Bertz CT molecular complexity index is 1760. The lowest BCUT2D eigenvalue weighted by atomic mass is 9.86. The molecular weight excluding hydrogens is 553 g/mol. The number of allylic oxidation sites excluding steroid dienone is 3. The first-order valence-corrected chi connectivity index (χ1v) is 15.5. The van der Waals surface area contributed by atoms with Crippen LogP contribution in [0.1, 0.15) is 42.0 Å². The molecule has 0 saturated carbocycles. The van der Waals surface area contributed by atoms with Gasteiger partial charge in [0.2, 0.25) is 0 Å². The molecule has 0 fully saturated rings. The number of aryl methyl sites for hydroxylation is 1. The van der Waals surface area contributed by atoms with Crippen molar-refractivity contribution in [2.75, 3.05) is 0 Å². The third-order valence-electron chi connectivity index (χ3n) is 7.68. The summed E-state index contributed by atoms with van der Waals surface area (Å²) in [7, 11) is 0. The molecule has 1 aliphatic carbocycles. The first kappa shape index (κ1) is 37.3. The van der Waals surface area contributed by atoms with Gasteiger partial charge in [-0.3, -0.25) is 0 Å². The lowest BCUT2D eigenvalue weighted by Gasteiger charge is -2.17. The predicted molar refractivity (Wildman–Crippen MR) is 209 cm³/mol. The van der Waals surface area contributed by atoms with Crippen LogP contribution >= 0.6 is 0 Å². The fourth-order valence-electron chi connectivity index (χ4n) is 5.35. The highest BCUT2D eigenvalue weighted by Gasteiger charge is 2.28. The van der Waals surface area contributed by atoms with Crippen LogP contribution in [-0.2, 0) is 6.42 Å². The van der Waals surface area contributed by atoms with Crippen molar-refractivity contribution in [3.05, 3.63) is 191 Å². The third-order valence-corrected chi connectivity index (χ3v) is 7.68. The molecule has 1 atom stereocenters. The normalized spacial score (nSPS) is 12.0. The number of terminal acetylenes is 1. The van der Waals surface area contributed by atoms with E-state index >= 15 is 0 Å². The quantitative estimate of drug-likeness (QED) is 0.129. The Hall–Kier alpha value is -4.86. The van der Waals surface area contributed by atoms with Gasteiger partial charge in [-0.25, -0.2) is 0 Å². The maximum Gasteiger partial charge on any atom is 0.0167 e. The van der Waals surface area contributed by atoms with Crippen molar-refractivity contribution in [2.45, 2.75) is 26.2 Å². The van der Waals surface area contributed by atoms with Gasteiger partial charge in [0.25, 0.3) is 0 Å². The van der Waals surface area contributed by atoms with Crippen LogP contribution in [0.2, 0.25) is 0 Å². The molecular formula is C46H47. The van der Waals surface area contributed by atoms with Gasteiger partial charge >= 0.3 is 0 Å². The van der Waals surface area contributed by atoms with Crippen LogP contribution in [0.3, 0.4) is 0 Å². The number of hydrogen-bond donors (Lipinski definition) is 0. The predicted octanol–water partition coefficient (Wildman–Crippen LogP) is 12.8. The first-order chi connectivity index (χ1) is 22.5. The molecule has 1 aliphatic rings. The average molecular weight is 600 g/mol. The van der Waals surface area contributed by atoms with E-state index in [2.05, 4.69) is 177 Å². The zero-order valence-electron chi connectivity index (χ0n) is 27.5. The molecule has 0 heterocycles. The molecule has 5 radical (unpaired) electrons. The topological polar surface area (TPSA) is 0 Å². The fraction of sp³-hybridized carbons (Fsp3) is 0.109. The molecule has 0 N–H and O–H groups in total. The zero-order chi connectivity index (χ0) is 34.1. The van der Waals surface area contributed by atoms with Crippen molar-refractivity contribution in [3.63, 3.8) is 0 Å². The Kier molecular flexibility index (Phi) is 15.8. The molecule has 0 spiro atoms. The van der Waals surface area contributed by atoms with Crippen molar-refractivity contribution >= 4 is 33.2 Å². The molecule has 231 valence electrons.